The van der Waals surface area contributed by atoms with Gasteiger partial charge >= 0.3 is 0 Å². The third kappa shape index (κ3) is 5.28. The van der Waals surface area contributed by atoms with Crippen LogP contribution in [-0.4, -0.2) is 33.1 Å². The summed E-state index contributed by atoms with van der Waals surface area (Å²) in [5.41, 5.74) is 3.18. The lowest BCUT2D eigenvalue weighted by atomic mass is 9.82. The van der Waals surface area contributed by atoms with Gasteiger partial charge in [-0.15, -0.1) is 11.8 Å². The first kappa shape index (κ1) is 21.1. The van der Waals surface area contributed by atoms with Crippen molar-refractivity contribution in [2.75, 3.05) is 12.9 Å². The molecule has 2 aromatic rings. The highest BCUT2D eigenvalue weighted by Crippen LogP contribution is 2.32. The molecule has 0 N–H and O–H groups in total. The summed E-state index contributed by atoms with van der Waals surface area (Å²) in [6.45, 7) is 0. The number of aryl methyl sites for hydroxylation is 1. The Morgan fingerprint density at radius 1 is 1.30 bits per heavy atom. The predicted molar refractivity (Wildman–Crippen MR) is 126 cm³/mol. The second-order valence-electron chi connectivity index (χ2n) is 6.97. The molecule has 0 amide bonds. The summed E-state index contributed by atoms with van der Waals surface area (Å²) in [4.78, 5) is 17.6. The van der Waals surface area contributed by atoms with E-state index < -0.39 is 0 Å². The number of carbonyl (C=O) groups is 1. The third-order valence-corrected chi connectivity index (χ3v) is 6.47. The largest absolute Gasteiger partial charge is 0.381 e. The van der Waals surface area contributed by atoms with Crippen LogP contribution in [0, 0.1) is 5.92 Å². The van der Waals surface area contributed by atoms with Gasteiger partial charge in [-0.2, -0.15) is 0 Å². The number of benzene rings is 1. The second-order valence-corrected chi connectivity index (χ2v) is 9.76. The van der Waals surface area contributed by atoms with Gasteiger partial charge in [0.15, 0.2) is 5.78 Å². The van der Waals surface area contributed by atoms with Crippen molar-refractivity contribution in [2.24, 2.45) is 5.92 Å². The minimum atomic E-state index is 0.148. The Bertz CT molecular complexity index is 819. The first-order valence-electron chi connectivity index (χ1n) is 9.33. The maximum Gasteiger partial charge on any atom is 0.165 e. The molecule has 4 rings (SSSR count). The smallest absolute Gasteiger partial charge is 0.165 e. The fourth-order valence-corrected chi connectivity index (χ4v) is 4.88. The lowest BCUT2D eigenvalue weighted by Gasteiger charge is -2.26. The van der Waals surface area contributed by atoms with Crippen LogP contribution in [0.15, 0.2) is 29.3 Å². The number of halogens is 1. The molecular weight excluding hydrogens is 489 g/mol. The standard InChI is InChI=1S/C20H23NO2S.CHIS/c1-23-17-7-4-13(5-8-17)19(22)14-6-9-18-16(11-14)12-15-3-2-10-24-20(15)21-18;2-1-3/h6,9,11-13,17H,2-5,7-8,10H2,1H3;1H. The van der Waals surface area contributed by atoms with Crippen LogP contribution in [0.5, 0.6) is 0 Å². The van der Waals surface area contributed by atoms with Crippen LogP contribution in [0.1, 0.15) is 48.0 Å². The summed E-state index contributed by atoms with van der Waals surface area (Å²) in [5.74, 6) is 1.60. The van der Waals surface area contributed by atoms with Crippen molar-refractivity contribution in [1.82, 2.24) is 4.98 Å². The molecule has 0 radical (unpaired) electrons. The van der Waals surface area contributed by atoms with Gasteiger partial charge in [-0.1, -0.05) is 12.2 Å². The molecule has 3 nitrogen and oxygen atoms in total. The number of thiocarbonyl (C=S) groups is 1. The molecule has 0 unspecified atom stereocenters. The minimum absolute atomic E-state index is 0.148. The monoisotopic (exact) mass is 513 g/mol. The minimum Gasteiger partial charge on any atom is -0.381 e. The first-order valence-corrected chi connectivity index (χ1v) is 12.0. The van der Waals surface area contributed by atoms with Gasteiger partial charge in [-0.3, -0.25) is 4.79 Å². The number of hydrogen-bond acceptors (Lipinski definition) is 5. The number of nitrogens with zero attached hydrogens (tertiary/aromatic N) is 1. The van der Waals surface area contributed by atoms with E-state index >= 15 is 0 Å². The molecule has 1 saturated carbocycles. The number of carbonyl (C=O) groups excluding carboxylic acids is 1. The molecule has 6 heteroatoms. The van der Waals surface area contributed by atoms with Crippen LogP contribution < -0.4 is 0 Å². The van der Waals surface area contributed by atoms with E-state index in [0.717, 1.165) is 54.3 Å². The summed E-state index contributed by atoms with van der Waals surface area (Å²) < 4.78 is 6.97. The van der Waals surface area contributed by atoms with E-state index in [1.807, 2.05) is 52.6 Å². The normalized spacial score (nSPS) is 21.7. The molecule has 1 fully saturated rings. The van der Waals surface area contributed by atoms with Crippen molar-refractivity contribution in [2.45, 2.75) is 49.7 Å². The Morgan fingerprint density at radius 3 is 2.74 bits per heavy atom. The van der Waals surface area contributed by atoms with E-state index in [1.54, 1.807) is 10.5 Å². The van der Waals surface area contributed by atoms with Crippen molar-refractivity contribution in [3.63, 3.8) is 0 Å². The van der Waals surface area contributed by atoms with Crippen molar-refractivity contribution in [3.8, 4) is 0 Å². The molecule has 2 aliphatic rings. The van der Waals surface area contributed by atoms with Crippen LogP contribution in [-0.2, 0) is 11.2 Å². The van der Waals surface area contributed by atoms with Crippen LogP contribution in [0.4, 0.5) is 0 Å². The molecule has 0 bridgehead atoms. The Hall–Kier alpha value is -0.570. The van der Waals surface area contributed by atoms with Gasteiger partial charge < -0.3 is 4.74 Å². The Kier molecular flexibility index (Phi) is 8.05. The van der Waals surface area contributed by atoms with E-state index in [-0.39, 0.29) is 5.92 Å². The number of pyridine rings is 1. The summed E-state index contributed by atoms with van der Waals surface area (Å²) in [5, 5.41) is 2.28. The SMILES string of the molecule is COC1CCC(C(=O)c2ccc3nc4c(cc3c2)CCCS4)CC1.S=CI. The molecule has 1 aliphatic heterocycles. The van der Waals surface area contributed by atoms with Crippen LogP contribution in [0.2, 0.25) is 0 Å². The molecule has 1 aromatic heterocycles. The van der Waals surface area contributed by atoms with Crippen LogP contribution >= 0.6 is 46.6 Å². The number of aromatic nitrogens is 1. The zero-order chi connectivity index (χ0) is 19.2. The van der Waals surface area contributed by atoms with Crippen LogP contribution in [0.3, 0.4) is 0 Å². The van der Waals surface area contributed by atoms with Gasteiger partial charge in [0.05, 0.1) is 16.6 Å². The summed E-state index contributed by atoms with van der Waals surface area (Å²) in [7, 11) is 1.77. The van der Waals surface area contributed by atoms with E-state index in [1.165, 1.54) is 17.0 Å². The fourth-order valence-electron chi connectivity index (χ4n) is 3.89. The number of Topliss-reactive ketones (excluding diaryl/α,β-unsaturated/α-hetero) is 1. The number of thioether (sulfide) groups is 1. The van der Waals surface area contributed by atoms with Gasteiger partial charge in [-0.25, -0.2) is 4.98 Å². The highest BCUT2D eigenvalue weighted by atomic mass is 127. The van der Waals surface area contributed by atoms with Crippen molar-refractivity contribution < 1.29 is 9.53 Å². The van der Waals surface area contributed by atoms with Gasteiger partial charge in [0.1, 0.15) is 0 Å². The van der Waals surface area contributed by atoms with Crippen molar-refractivity contribution in [3.05, 3.63) is 35.4 Å². The van der Waals surface area contributed by atoms with Gasteiger partial charge in [-0.05, 0) is 96.7 Å². The number of hydrogen-bond donors (Lipinski definition) is 0. The summed E-state index contributed by atoms with van der Waals surface area (Å²) >= 11 is 8.08. The van der Waals surface area contributed by atoms with E-state index in [0.29, 0.717) is 11.9 Å². The Balaban J connectivity index is 0.000000659. The van der Waals surface area contributed by atoms with E-state index in [2.05, 4.69) is 18.3 Å². The molecule has 144 valence electrons. The average molecular weight is 513 g/mol. The summed E-state index contributed by atoms with van der Waals surface area (Å²) in [6, 6.07) is 8.26. The van der Waals surface area contributed by atoms with E-state index in [9.17, 15) is 4.79 Å². The van der Waals surface area contributed by atoms with Crippen molar-refractivity contribution in [1.29, 1.82) is 0 Å². The average Bonchev–Trinajstić information content (AvgIpc) is 2.72. The molecule has 27 heavy (non-hydrogen) atoms. The quantitative estimate of drug-likeness (QED) is 0.217. The molecule has 0 saturated heterocycles. The predicted octanol–water partition coefficient (Wildman–Crippen LogP) is 6.04. The molecule has 1 aliphatic carbocycles. The first-order chi connectivity index (χ1) is 13.2. The van der Waals surface area contributed by atoms with Gasteiger partial charge in [0.2, 0.25) is 0 Å². The fraction of sp³-hybridized carbons (Fsp3) is 0.476. The van der Waals surface area contributed by atoms with Crippen molar-refractivity contribution >= 4 is 66.6 Å². The Labute approximate surface area is 184 Å². The maximum absolute atomic E-state index is 12.9. The van der Waals surface area contributed by atoms with Gasteiger partial charge in [0, 0.05) is 27.4 Å². The number of ketones is 1. The maximum atomic E-state index is 12.9. The number of rotatable bonds is 3. The number of ether oxygens (including phenoxy) is 1. The molecular formula is C21H24INO2S2. The zero-order valence-corrected chi connectivity index (χ0v) is 19.2. The van der Waals surface area contributed by atoms with Crippen LogP contribution in [0.25, 0.3) is 10.9 Å². The second kappa shape index (κ2) is 10.3. The highest BCUT2D eigenvalue weighted by molar-refractivity contribution is 14.1. The zero-order valence-electron chi connectivity index (χ0n) is 15.4. The molecule has 0 atom stereocenters. The highest BCUT2D eigenvalue weighted by Gasteiger charge is 2.27. The molecule has 1 aromatic carbocycles. The van der Waals surface area contributed by atoms with E-state index in [4.69, 9.17) is 9.72 Å². The lowest BCUT2D eigenvalue weighted by molar-refractivity contribution is 0.0519. The summed E-state index contributed by atoms with van der Waals surface area (Å²) in [6.07, 6.45) is 6.51. The topological polar surface area (TPSA) is 39.2 Å². The number of fused-ring (bicyclic) bond motifs is 2. The third-order valence-electron chi connectivity index (χ3n) is 5.35. The van der Waals surface area contributed by atoms with Gasteiger partial charge in [0.25, 0.3) is 0 Å². The Morgan fingerprint density at radius 2 is 2.04 bits per heavy atom. The lowest BCUT2D eigenvalue weighted by Crippen LogP contribution is -2.25. The number of methoxy groups -OCH3 is 1. The molecule has 2 heterocycles. The molecule has 0 spiro atoms.